The Morgan fingerprint density at radius 2 is 1.93 bits per heavy atom. The van der Waals surface area contributed by atoms with Crippen molar-refractivity contribution in [3.8, 4) is 11.5 Å². The van der Waals surface area contributed by atoms with E-state index in [9.17, 15) is 0 Å². The summed E-state index contributed by atoms with van der Waals surface area (Å²) in [5.74, 6) is 2.62. The number of nitrogens with one attached hydrogen (secondary N) is 2. The van der Waals surface area contributed by atoms with Crippen molar-refractivity contribution in [2.75, 3.05) is 33.8 Å². The summed E-state index contributed by atoms with van der Waals surface area (Å²) in [7, 11) is 3.54. The van der Waals surface area contributed by atoms with Crippen molar-refractivity contribution in [2.45, 2.75) is 70.6 Å². The third-order valence-electron chi connectivity index (χ3n) is 6.01. The Kier molecular flexibility index (Phi) is 8.47. The molecule has 2 fully saturated rings. The highest BCUT2D eigenvalue weighted by Crippen LogP contribution is 2.30. The van der Waals surface area contributed by atoms with E-state index in [1.807, 2.05) is 19.2 Å². The van der Waals surface area contributed by atoms with Gasteiger partial charge in [0.05, 0.1) is 13.2 Å². The van der Waals surface area contributed by atoms with Crippen LogP contribution in [0.5, 0.6) is 11.5 Å². The van der Waals surface area contributed by atoms with Gasteiger partial charge in [0.25, 0.3) is 0 Å². The molecular weight excluding hydrogens is 364 g/mol. The molecule has 0 spiro atoms. The van der Waals surface area contributed by atoms with E-state index >= 15 is 0 Å². The third kappa shape index (κ3) is 6.53. The quantitative estimate of drug-likeness (QED) is 0.514. The van der Waals surface area contributed by atoms with E-state index in [4.69, 9.17) is 9.47 Å². The fourth-order valence-corrected chi connectivity index (χ4v) is 4.29. The number of guanidine groups is 1. The van der Waals surface area contributed by atoms with Crippen LogP contribution in [0.2, 0.25) is 0 Å². The molecule has 1 saturated heterocycles. The van der Waals surface area contributed by atoms with Crippen LogP contribution in [0, 0.1) is 0 Å². The second kappa shape index (κ2) is 11.3. The maximum absolute atomic E-state index is 6.31. The van der Waals surface area contributed by atoms with E-state index in [0.717, 1.165) is 35.9 Å². The SMILES string of the molecule is CCCN1CCC(NC(=NC)NCc2ccc(OC)cc2OC2CCCC2)CC1. The molecule has 0 atom stereocenters. The topological polar surface area (TPSA) is 58.1 Å². The van der Waals surface area contributed by atoms with Crippen LogP contribution in [0.15, 0.2) is 23.2 Å². The molecule has 0 radical (unpaired) electrons. The lowest BCUT2D eigenvalue weighted by atomic mass is 10.1. The lowest BCUT2D eigenvalue weighted by Gasteiger charge is -2.32. The van der Waals surface area contributed by atoms with Crippen molar-refractivity contribution >= 4 is 5.96 Å². The van der Waals surface area contributed by atoms with Crippen LogP contribution in [-0.4, -0.2) is 56.8 Å². The number of hydrogen-bond acceptors (Lipinski definition) is 4. The first-order valence-electron chi connectivity index (χ1n) is 11.2. The van der Waals surface area contributed by atoms with E-state index < -0.39 is 0 Å². The van der Waals surface area contributed by atoms with Gasteiger partial charge in [0.2, 0.25) is 0 Å². The first-order chi connectivity index (χ1) is 14.2. The molecule has 1 heterocycles. The van der Waals surface area contributed by atoms with Crippen LogP contribution >= 0.6 is 0 Å². The molecule has 2 aliphatic rings. The highest BCUT2D eigenvalue weighted by atomic mass is 16.5. The Bertz CT molecular complexity index is 650. The fourth-order valence-electron chi connectivity index (χ4n) is 4.29. The van der Waals surface area contributed by atoms with Crippen LogP contribution in [0.3, 0.4) is 0 Å². The molecule has 0 unspecified atom stereocenters. The van der Waals surface area contributed by atoms with Gasteiger partial charge in [-0.1, -0.05) is 6.92 Å². The van der Waals surface area contributed by atoms with Crippen LogP contribution < -0.4 is 20.1 Å². The van der Waals surface area contributed by atoms with Crippen molar-refractivity contribution < 1.29 is 9.47 Å². The number of likely N-dealkylation sites (tertiary alicyclic amines) is 1. The van der Waals surface area contributed by atoms with Gasteiger partial charge in [0, 0.05) is 44.4 Å². The Morgan fingerprint density at radius 1 is 1.17 bits per heavy atom. The highest BCUT2D eigenvalue weighted by molar-refractivity contribution is 5.80. The average Bonchev–Trinajstić information content (AvgIpc) is 3.26. The Labute approximate surface area is 176 Å². The first kappa shape index (κ1) is 21.8. The van der Waals surface area contributed by atoms with E-state index in [2.05, 4.69) is 33.5 Å². The lowest BCUT2D eigenvalue weighted by molar-refractivity contribution is 0.205. The van der Waals surface area contributed by atoms with Crippen LogP contribution in [0.1, 0.15) is 57.4 Å². The van der Waals surface area contributed by atoms with E-state index in [1.54, 1.807) is 7.11 Å². The van der Waals surface area contributed by atoms with Crippen LogP contribution in [0.4, 0.5) is 0 Å². The summed E-state index contributed by atoms with van der Waals surface area (Å²) >= 11 is 0. The van der Waals surface area contributed by atoms with Gasteiger partial charge >= 0.3 is 0 Å². The molecule has 0 amide bonds. The van der Waals surface area contributed by atoms with E-state index in [0.29, 0.717) is 18.7 Å². The number of piperidine rings is 1. The largest absolute Gasteiger partial charge is 0.497 e. The molecule has 1 aliphatic carbocycles. The molecule has 6 heteroatoms. The number of benzene rings is 1. The number of nitrogens with zero attached hydrogens (tertiary/aromatic N) is 2. The maximum Gasteiger partial charge on any atom is 0.191 e. The monoisotopic (exact) mass is 402 g/mol. The Morgan fingerprint density at radius 3 is 2.59 bits per heavy atom. The van der Waals surface area contributed by atoms with Crippen molar-refractivity contribution in [1.82, 2.24) is 15.5 Å². The molecule has 1 saturated carbocycles. The minimum Gasteiger partial charge on any atom is -0.497 e. The van der Waals surface area contributed by atoms with Crippen molar-refractivity contribution in [3.63, 3.8) is 0 Å². The predicted molar refractivity (Wildman–Crippen MR) is 119 cm³/mol. The summed E-state index contributed by atoms with van der Waals surface area (Å²) in [5.41, 5.74) is 1.14. The second-order valence-electron chi connectivity index (χ2n) is 8.18. The summed E-state index contributed by atoms with van der Waals surface area (Å²) in [6.07, 6.45) is 8.69. The van der Waals surface area contributed by atoms with Gasteiger partial charge in [0.1, 0.15) is 11.5 Å². The van der Waals surface area contributed by atoms with Gasteiger partial charge in [-0.3, -0.25) is 4.99 Å². The standard InChI is InChI=1S/C23H38N4O2/c1-4-13-27-14-11-19(12-15-27)26-23(24-2)25-17-18-9-10-21(28-3)16-22(18)29-20-7-5-6-8-20/h9-10,16,19-20H,4-8,11-15,17H2,1-3H3,(H2,24,25,26). The lowest BCUT2D eigenvalue weighted by Crippen LogP contribution is -2.48. The smallest absolute Gasteiger partial charge is 0.191 e. The highest BCUT2D eigenvalue weighted by Gasteiger charge is 2.20. The third-order valence-corrected chi connectivity index (χ3v) is 6.01. The molecule has 1 aliphatic heterocycles. The molecule has 162 valence electrons. The molecular formula is C23H38N4O2. The molecule has 3 rings (SSSR count). The van der Waals surface area contributed by atoms with Gasteiger partial charge in [-0.05, 0) is 63.6 Å². The molecule has 1 aromatic rings. The minimum absolute atomic E-state index is 0.326. The fraction of sp³-hybridized carbons (Fsp3) is 0.696. The number of rotatable bonds is 8. The molecule has 0 aromatic heterocycles. The van der Waals surface area contributed by atoms with Gasteiger partial charge in [-0.2, -0.15) is 0 Å². The number of methoxy groups -OCH3 is 1. The maximum atomic E-state index is 6.31. The predicted octanol–water partition coefficient (Wildman–Crippen LogP) is 3.56. The Hall–Kier alpha value is -1.95. The normalized spacial score (nSPS) is 19.3. The second-order valence-corrected chi connectivity index (χ2v) is 8.18. The van der Waals surface area contributed by atoms with Gasteiger partial charge < -0.3 is 25.0 Å². The molecule has 6 nitrogen and oxygen atoms in total. The molecule has 2 N–H and O–H groups in total. The van der Waals surface area contributed by atoms with Gasteiger partial charge in [-0.15, -0.1) is 0 Å². The zero-order valence-electron chi connectivity index (χ0n) is 18.4. The minimum atomic E-state index is 0.326. The van der Waals surface area contributed by atoms with Crippen LogP contribution in [-0.2, 0) is 6.54 Å². The summed E-state index contributed by atoms with van der Waals surface area (Å²) < 4.78 is 11.7. The summed E-state index contributed by atoms with van der Waals surface area (Å²) in [5, 5.41) is 7.08. The summed E-state index contributed by atoms with van der Waals surface area (Å²) in [6.45, 7) is 6.47. The van der Waals surface area contributed by atoms with Crippen LogP contribution in [0.25, 0.3) is 0 Å². The first-order valence-corrected chi connectivity index (χ1v) is 11.2. The van der Waals surface area contributed by atoms with Gasteiger partial charge in [-0.25, -0.2) is 0 Å². The van der Waals surface area contributed by atoms with E-state index in [-0.39, 0.29) is 0 Å². The average molecular weight is 403 g/mol. The summed E-state index contributed by atoms with van der Waals surface area (Å²) in [4.78, 5) is 6.99. The zero-order valence-corrected chi connectivity index (χ0v) is 18.4. The van der Waals surface area contributed by atoms with Gasteiger partial charge in [0.15, 0.2) is 5.96 Å². The summed E-state index contributed by atoms with van der Waals surface area (Å²) in [6, 6.07) is 6.58. The van der Waals surface area contributed by atoms with E-state index in [1.165, 1.54) is 51.7 Å². The number of hydrogen-bond donors (Lipinski definition) is 2. The van der Waals surface area contributed by atoms with Crippen molar-refractivity contribution in [3.05, 3.63) is 23.8 Å². The number of aliphatic imine (C=N–C) groups is 1. The molecule has 29 heavy (non-hydrogen) atoms. The van der Waals surface area contributed by atoms with Crippen molar-refractivity contribution in [2.24, 2.45) is 4.99 Å². The number of ether oxygens (including phenoxy) is 2. The Balaban J connectivity index is 1.54. The molecule has 0 bridgehead atoms. The van der Waals surface area contributed by atoms with Crippen molar-refractivity contribution in [1.29, 1.82) is 0 Å². The zero-order chi connectivity index (χ0) is 20.5. The molecule has 1 aromatic carbocycles.